The van der Waals surface area contributed by atoms with Crippen LogP contribution in [0.1, 0.15) is 43.1 Å². The number of hydrogen-bond acceptors (Lipinski definition) is 7. The minimum absolute atomic E-state index is 0.282. The van der Waals surface area contributed by atoms with Crippen LogP contribution in [0.15, 0.2) is 16.7 Å². The Morgan fingerprint density at radius 3 is 2.70 bits per heavy atom. The van der Waals surface area contributed by atoms with Gasteiger partial charge in [0.15, 0.2) is 5.82 Å². The first kappa shape index (κ1) is 22.2. The average Bonchev–Trinajstić information content (AvgIpc) is 3.47. The standard InChI is InChI=1S/C25H32FN5O2/c1-4-17-11-20-15(2)22(25-28-16(3)30-33-25)24(29-23(20)21(26)12-17)31-8-5-19(14-31)27-13-18-6-9-32-10-7-18/h11-12,18-19,27H,4-10,13-14H2,1-3H3/t19-/m1/s1. The number of nitrogens with zero attached hydrogens (tertiary/aromatic N) is 4. The fourth-order valence-corrected chi connectivity index (χ4v) is 5.01. The van der Waals surface area contributed by atoms with Crippen molar-refractivity contribution < 1.29 is 13.7 Å². The van der Waals surface area contributed by atoms with Crippen molar-refractivity contribution in [3.05, 3.63) is 34.9 Å². The predicted octanol–water partition coefficient (Wildman–Crippen LogP) is 4.20. The van der Waals surface area contributed by atoms with E-state index >= 15 is 4.39 Å². The molecule has 176 valence electrons. The Morgan fingerprint density at radius 2 is 1.97 bits per heavy atom. The maximum atomic E-state index is 15.1. The second-order valence-electron chi connectivity index (χ2n) is 9.31. The molecule has 0 amide bonds. The number of anilines is 1. The molecule has 1 atom stereocenters. The molecule has 33 heavy (non-hydrogen) atoms. The van der Waals surface area contributed by atoms with Crippen LogP contribution in [0.3, 0.4) is 0 Å². The summed E-state index contributed by atoms with van der Waals surface area (Å²) in [6.45, 7) is 10.2. The highest BCUT2D eigenvalue weighted by molar-refractivity contribution is 5.93. The SMILES string of the molecule is CCc1cc(F)c2nc(N3CC[C@@H](NCC4CCOCC4)C3)c(-c3nc(C)no3)c(C)c2c1. The number of ether oxygens (including phenoxy) is 1. The minimum Gasteiger partial charge on any atom is -0.381 e. The Bertz CT molecular complexity index is 1140. The molecule has 2 saturated heterocycles. The number of nitrogens with one attached hydrogen (secondary N) is 1. The molecule has 7 nitrogen and oxygen atoms in total. The van der Waals surface area contributed by atoms with Crippen molar-refractivity contribution in [2.45, 2.75) is 52.5 Å². The number of hydrogen-bond donors (Lipinski definition) is 1. The Labute approximate surface area is 193 Å². The summed E-state index contributed by atoms with van der Waals surface area (Å²) in [7, 11) is 0. The van der Waals surface area contributed by atoms with Gasteiger partial charge in [-0.2, -0.15) is 4.98 Å². The minimum atomic E-state index is -0.282. The van der Waals surface area contributed by atoms with Gasteiger partial charge in [0.25, 0.3) is 5.89 Å². The molecule has 4 heterocycles. The molecule has 0 spiro atoms. The molecule has 0 radical (unpaired) electrons. The van der Waals surface area contributed by atoms with E-state index in [0.717, 1.165) is 86.4 Å². The zero-order chi connectivity index (χ0) is 22.9. The molecule has 1 N–H and O–H groups in total. The van der Waals surface area contributed by atoms with Gasteiger partial charge in [-0.25, -0.2) is 9.37 Å². The van der Waals surface area contributed by atoms with Gasteiger partial charge in [-0.1, -0.05) is 12.1 Å². The fraction of sp³-hybridized carbons (Fsp3) is 0.560. The van der Waals surface area contributed by atoms with Crippen molar-refractivity contribution in [2.75, 3.05) is 37.7 Å². The Balaban J connectivity index is 1.48. The van der Waals surface area contributed by atoms with E-state index in [9.17, 15) is 0 Å². The lowest BCUT2D eigenvalue weighted by atomic mass is 10.00. The largest absolute Gasteiger partial charge is 0.381 e. The second kappa shape index (κ2) is 9.35. The third kappa shape index (κ3) is 4.46. The monoisotopic (exact) mass is 453 g/mol. The lowest BCUT2D eigenvalue weighted by Gasteiger charge is -2.25. The van der Waals surface area contributed by atoms with E-state index in [4.69, 9.17) is 14.2 Å². The summed E-state index contributed by atoms with van der Waals surface area (Å²) in [6, 6.07) is 3.99. The van der Waals surface area contributed by atoms with Gasteiger partial charge in [-0.05, 0) is 75.3 Å². The Hall–Kier alpha value is -2.58. The van der Waals surface area contributed by atoms with Crippen LogP contribution in [0.5, 0.6) is 0 Å². The van der Waals surface area contributed by atoms with Crippen molar-refractivity contribution >= 4 is 16.7 Å². The molecule has 0 saturated carbocycles. The van der Waals surface area contributed by atoms with E-state index in [1.807, 2.05) is 19.9 Å². The highest BCUT2D eigenvalue weighted by Gasteiger charge is 2.30. The van der Waals surface area contributed by atoms with Crippen LogP contribution in [-0.4, -0.2) is 54.0 Å². The number of aromatic nitrogens is 3. The molecule has 2 aliphatic rings. The van der Waals surface area contributed by atoms with Crippen molar-refractivity contribution in [1.82, 2.24) is 20.4 Å². The van der Waals surface area contributed by atoms with Crippen LogP contribution in [0.4, 0.5) is 10.2 Å². The number of halogens is 1. The number of pyridine rings is 1. The highest BCUT2D eigenvalue weighted by Crippen LogP contribution is 2.38. The summed E-state index contributed by atoms with van der Waals surface area (Å²) in [5.41, 5.74) is 3.08. The molecule has 0 bridgehead atoms. The molecule has 2 fully saturated rings. The molecule has 1 aromatic carbocycles. The molecule has 2 aromatic heterocycles. The van der Waals surface area contributed by atoms with E-state index < -0.39 is 0 Å². The number of rotatable bonds is 6. The lowest BCUT2D eigenvalue weighted by Crippen LogP contribution is -2.37. The van der Waals surface area contributed by atoms with Gasteiger partial charge < -0.3 is 19.5 Å². The summed E-state index contributed by atoms with van der Waals surface area (Å²) in [5, 5.41) is 8.54. The van der Waals surface area contributed by atoms with Crippen LogP contribution in [0, 0.1) is 25.6 Å². The van der Waals surface area contributed by atoms with E-state index in [1.54, 1.807) is 13.0 Å². The summed E-state index contributed by atoms with van der Waals surface area (Å²) in [6.07, 6.45) is 4.01. The lowest BCUT2D eigenvalue weighted by molar-refractivity contribution is 0.0656. The van der Waals surface area contributed by atoms with Gasteiger partial charge >= 0.3 is 0 Å². The van der Waals surface area contributed by atoms with E-state index in [-0.39, 0.29) is 5.82 Å². The number of aryl methyl sites for hydroxylation is 3. The zero-order valence-electron chi connectivity index (χ0n) is 19.7. The molecular formula is C25H32FN5O2. The van der Waals surface area contributed by atoms with Gasteiger partial charge in [0.1, 0.15) is 17.2 Å². The van der Waals surface area contributed by atoms with Gasteiger partial charge in [0.05, 0.1) is 5.56 Å². The molecular weight excluding hydrogens is 421 g/mol. The summed E-state index contributed by atoms with van der Waals surface area (Å²) >= 11 is 0. The second-order valence-corrected chi connectivity index (χ2v) is 9.31. The fourth-order valence-electron chi connectivity index (χ4n) is 5.01. The van der Waals surface area contributed by atoms with Gasteiger partial charge in [-0.3, -0.25) is 0 Å². The molecule has 0 unspecified atom stereocenters. The van der Waals surface area contributed by atoms with Gasteiger partial charge in [-0.15, -0.1) is 0 Å². The smallest absolute Gasteiger partial charge is 0.261 e. The van der Waals surface area contributed by atoms with Crippen LogP contribution in [0.25, 0.3) is 22.4 Å². The van der Waals surface area contributed by atoms with Crippen LogP contribution >= 0.6 is 0 Å². The quantitative estimate of drug-likeness (QED) is 0.599. The highest BCUT2D eigenvalue weighted by atomic mass is 19.1. The first-order chi connectivity index (χ1) is 16.0. The van der Waals surface area contributed by atoms with Crippen LogP contribution < -0.4 is 10.2 Å². The number of fused-ring (bicyclic) bond motifs is 1. The topological polar surface area (TPSA) is 76.3 Å². The van der Waals surface area contributed by atoms with Crippen LogP contribution in [-0.2, 0) is 11.2 Å². The first-order valence-electron chi connectivity index (χ1n) is 12.0. The first-order valence-corrected chi connectivity index (χ1v) is 12.0. The summed E-state index contributed by atoms with van der Waals surface area (Å²) in [4.78, 5) is 11.6. The maximum Gasteiger partial charge on any atom is 0.261 e. The summed E-state index contributed by atoms with van der Waals surface area (Å²) < 4.78 is 26.1. The maximum absolute atomic E-state index is 15.1. The summed E-state index contributed by atoms with van der Waals surface area (Å²) in [5.74, 6) is 2.13. The van der Waals surface area contributed by atoms with Crippen LogP contribution in [0.2, 0.25) is 0 Å². The Morgan fingerprint density at radius 1 is 1.15 bits per heavy atom. The van der Waals surface area contributed by atoms with Gasteiger partial charge in [0.2, 0.25) is 0 Å². The Kier molecular flexibility index (Phi) is 6.29. The molecule has 2 aliphatic heterocycles. The predicted molar refractivity (Wildman–Crippen MR) is 126 cm³/mol. The van der Waals surface area contributed by atoms with E-state index in [1.165, 1.54) is 0 Å². The number of benzene rings is 1. The van der Waals surface area contributed by atoms with E-state index in [2.05, 4.69) is 20.4 Å². The van der Waals surface area contributed by atoms with Gasteiger partial charge in [0, 0.05) is 37.7 Å². The van der Waals surface area contributed by atoms with Crippen molar-refractivity contribution in [1.29, 1.82) is 0 Å². The average molecular weight is 454 g/mol. The molecule has 3 aromatic rings. The van der Waals surface area contributed by atoms with Crippen molar-refractivity contribution in [3.8, 4) is 11.5 Å². The van der Waals surface area contributed by atoms with E-state index in [0.29, 0.717) is 29.2 Å². The zero-order valence-corrected chi connectivity index (χ0v) is 19.7. The molecule has 8 heteroatoms. The molecule has 0 aliphatic carbocycles. The van der Waals surface area contributed by atoms with Crippen molar-refractivity contribution in [2.24, 2.45) is 5.92 Å². The third-order valence-corrected chi connectivity index (χ3v) is 7.02. The normalized spacial score (nSPS) is 19.6. The van der Waals surface area contributed by atoms with Crippen molar-refractivity contribution in [3.63, 3.8) is 0 Å². The third-order valence-electron chi connectivity index (χ3n) is 7.02. The molecule has 5 rings (SSSR count).